The fraction of sp³-hybridized carbons (Fsp3) is 0.450. The number of hydrogen-bond acceptors (Lipinski definition) is 3. The molecule has 0 aliphatic heterocycles. The molecule has 0 unspecified atom stereocenters. The molecule has 2 heterocycles. The maximum Gasteiger partial charge on any atom is 0.191 e. The number of benzene rings is 1. The van der Waals surface area contributed by atoms with Crippen molar-refractivity contribution in [1.82, 2.24) is 30.4 Å². The number of hydrogen-bond donors (Lipinski definition) is 3. The Labute approximate surface area is 183 Å². The highest BCUT2D eigenvalue weighted by Gasteiger charge is 2.07. The molecule has 0 saturated heterocycles. The topological polar surface area (TPSA) is 82.9 Å². The molecule has 0 radical (unpaired) electrons. The summed E-state index contributed by atoms with van der Waals surface area (Å²) in [5, 5.41) is 16.1. The van der Waals surface area contributed by atoms with Crippen LogP contribution in [0.25, 0.3) is 10.9 Å². The van der Waals surface area contributed by atoms with Gasteiger partial charge in [0.25, 0.3) is 0 Å². The van der Waals surface area contributed by atoms with Crippen LogP contribution >= 0.6 is 24.0 Å². The summed E-state index contributed by atoms with van der Waals surface area (Å²) < 4.78 is 2.08. The van der Waals surface area contributed by atoms with E-state index in [1.54, 1.807) is 6.33 Å². The second-order valence-electron chi connectivity index (χ2n) is 6.51. The van der Waals surface area contributed by atoms with Crippen LogP contribution in [-0.2, 0) is 19.4 Å². The third kappa shape index (κ3) is 5.46. The number of fused-ring (bicyclic) bond motifs is 1. The Morgan fingerprint density at radius 2 is 2.04 bits per heavy atom. The average molecular weight is 495 g/mol. The molecular formula is C20H30IN7. The first kappa shape index (κ1) is 22.2. The lowest BCUT2D eigenvalue weighted by atomic mass is 10.1. The van der Waals surface area contributed by atoms with E-state index >= 15 is 0 Å². The van der Waals surface area contributed by atoms with E-state index in [4.69, 9.17) is 4.99 Å². The maximum absolute atomic E-state index is 4.74. The largest absolute Gasteiger partial charge is 0.358 e. The van der Waals surface area contributed by atoms with Crippen molar-refractivity contribution in [2.24, 2.45) is 4.99 Å². The van der Waals surface area contributed by atoms with Crippen LogP contribution in [0.2, 0.25) is 0 Å². The van der Waals surface area contributed by atoms with E-state index in [-0.39, 0.29) is 24.0 Å². The normalized spacial score (nSPS) is 11.5. The highest BCUT2D eigenvalue weighted by atomic mass is 127. The molecule has 7 nitrogen and oxygen atoms in total. The monoisotopic (exact) mass is 495 g/mol. The minimum atomic E-state index is 0. The Bertz CT molecular complexity index is 897. The molecule has 0 spiro atoms. The van der Waals surface area contributed by atoms with Crippen molar-refractivity contribution in [2.75, 3.05) is 19.6 Å². The lowest BCUT2D eigenvalue weighted by molar-refractivity contribution is 0.632. The first-order valence-electron chi connectivity index (χ1n) is 9.68. The Balaban J connectivity index is 0.00000280. The number of rotatable bonds is 8. The molecule has 0 amide bonds. The van der Waals surface area contributed by atoms with E-state index in [2.05, 4.69) is 75.4 Å². The van der Waals surface area contributed by atoms with Gasteiger partial charge in [0, 0.05) is 49.2 Å². The first-order chi connectivity index (χ1) is 13.2. The Morgan fingerprint density at radius 3 is 2.82 bits per heavy atom. The summed E-state index contributed by atoms with van der Waals surface area (Å²) in [5.41, 5.74) is 3.77. The first-order valence-corrected chi connectivity index (χ1v) is 9.68. The van der Waals surface area contributed by atoms with Crippen LogP contribution < -0.4 is 10.6 Å². The second kappa shape index (κ2) is 11.0. The molecule has 2 aromatic heterocycles. The lowest BCUT2D eigenvalue weighted by Crippen LogP contribution is -2.39. The smallest absolute Gasteiger partial charge is 0.191 e. The molecule has 1 aromatic carbocycles. The molecule has 8 heteroatoms. The lowest BCUT2D eigenvalue weighted by Gasteiger charge is -2.12. The molecule has 0 saturated carbocycles. The molecular weight excluding hydrogens is 465 g/mol. The van der Waals surface area contributed by atoms with Gasteiger partial charge in [-0.3, -0.25) is 4.99 Å². The quantitative estimate of drug-likeness (QED) is 0.255. The molecule has 3 N–H and O–H groups in total. The van der Waals surface area contributed by atoms with Crippen molar-refractivity contribution >= 4 is 40.8 Å². The van der Waals surface area contributed by atoms with Gasteiger partial charge in [-0.25, -0.2) is 0 Å². The molecule has 3 aromatic rings. The number of aromatic nitrogens is 4. The fourth-order valence-corrected chi connectivity index (χ4v) is 3.31. The van der Waals surface area contributed by atoms with Gasteiger partial charge in [-0.05, 0) is 31.9 Å². The maximum atomic E-state index is 4.74. The predicted octanol–water partition coefficient (Wildman–Crippen LogP) is 3.05. The minimum Gasteiger partial charge on any atom is -0.358 e. The summed E-state index contributed by atoms with van der Waals surface area (Å²) in [5.74, 6) is 1.86. The third-order valence-electron chi connectivity index (χ3n) is 4.66. The average Bonchev–Trinajstić information content (AvgIpc) is 3.25. The Kier molecular flexibility index (Phi) is 8.75. The summed E-state index contributed by atoms with van der Waals surface area (Å²) in [6, 6.07) is 8.44. The van der Waals surface area contributed by atoms with Gasteiger partial charge in [0.2, 0.25) is 0 Å². The zero-order valence-corrected chi connectivity index (χ0v) is 19.2. The second-order valence-corrected chi connectivity index (χ2v) is 6.51. The number of aryl methyl sites for hydroxylation is 2. The summed E-state index contributed by atoms with van der Waals surface area (Å²) in [6.45, 7) is 9.48. The number of nitrogens with zero attached hydrogens (tertiary/aromatic N) is 4. The van der Waals surface area contributed by atoms with E-state index < -0.39 is 0 Å². The van der Waals surface area contributed by atoms with Crippen molar-refractivity contribution < 1.29 is 0 Å². The van der Waals surface area contributed by atoms with E-state index in [1.165, 1.54) is 22.2 Å². The summed E-state index contributed by atoms with van der Waals surface area (Å²) >= 11 is 0. The number of aromatic amines is 1. The molecule has 3 rings (SSSR count). The number of H-pyrrole nitrogens is 1. The minimum absolute atomic E-state index is 0. The third-order valence-corrected chi connectivity index (χ3v) is 4.66. The van der Waals surface area contributed by atoms with Crippen LogP contribution in [0.1, 0.15) is 30.9 Å². The van der Waals surface area contributed by atoms with Crippen molar-refractivity contribution in [3.63, 3.8) is 0 Å². The molecule has 0 aliphatic rings. The zero-order valence-electron chi connectivity index (χ0n) is 16.8. The molecule has 0 bridgehead atoms. The molecule has 0 atom stereocenters. The van der Waals surface area contributed by atoms with Gasteiger partial charge in [0.1, 0.15) is 12.2 Å². The van der Waals surface area contributed by atoms with Crippen LogP contribution in [-0.4, -0.2) is 45.3 Å². The van der Waals surface area contributed by atoms with Crippen LogP contribution in [0.5, 0.6) is 0 Å². The number of nitrogens with one attached hydrogen (secondary N) is 3. The van der Waals surface area contributed by atoms with Crippen molar-refractivity contribution in [3.8, 4) is 0 Å². The Hall–Kier alpha value is -2.10. The standard InChI is InChI=1S/C20H29N7.HI/c1-4-19-26-24-14-27(19)13-12-23-20(21-5-2)22-11-10-16-15(3)25-18-9-7-6-8-17(16)18;/h6-9,14,25H,4-5,10-13H2,1-3H3,(H2,21,22,23);1H. The highest BCUT2D eigenvalue weighted by molar-refractivity contribution is 14.0. The van der Waals surface area contributed by atoms with Gasteiger partial charge >= 0.3 is 0 Å². The number of guanidine groups is 1. The summed E-state index contributed by atoms with van der Waals surface area (Å²) in [7, 11) is 0. The van der Waals surface area contributed by atoms with Crippen LogP contribution in [0.15, 0.2) is 35.6 Å². The van der Waals surface area contributed by atoms with Crippen molar-refractivity contribution in [2.45, 2.75) is 40.2 Å². The molecule has 0 fully saturated rings. The SMILES string of the molecule is CCNC(=NCCc1c(C)[nH]c2ccccc12)NCCn1cnnc1CC.I. The molecule has 152 valence electrons. The van der Waals surface area contributed by atoms with E-state index in [1.807, 2.05) is 0 Å². The van der Waals surface area contributed by atoms with Gasteiger partial charge in [-0.2, -0.15) is 0 Å². The van der Waals surface area contributed by atoms with Crippen molar-refractivity contribution in [1.29, 1.82) is 0 Å². The zero-order chi connectivity index (χ0) is 19.1. The molecule has 0 aliphatic carbocycles. The van der Waals surface area contributed by atoms with Gasteiger partial charge in [-0.1, -0.05) is 25.1 Å². The van der Waals surface area contributed by atoms with Gasteiger partial charge in [0.05, 0.1) is 0 Å². The number of para-hydroxylation sites is 1. The molecule has 28 heavy (non-hydrogen) atoms. The van der Waals surface area contributed by atoms with Gasteiger partial charge < -0.3 is 20.2 Å². The predicted molar refractivity (Wildman–Crippen MR) is 126 cm³/mol. The van der Waals surface area contributed by atoms with Crippen LogP contribution in [0.4, 0.5) is 0 Å². The highest BCUT2D eigenvalue weighted by Crippen LogP contribution is 2.22. The number of halogens is 1. The summed E-state index contributed by atoms with van der Waals surface area (Å²) in [4.78, 5) is 8.19. The van der Waals surface area contributed by atoms with Crippen LogP contribution in [0, 0.1) is 6.92 Å². The van der Waals surface area contributed by atoms with Crippen LogP contribution in [0.3, 0.4) is 0 Å². The van der Waals surface area contributed by atoms with Crippen molar-refractivity contribution in [3.05, 3.63) is 47.7 Å². The fourth-order valence-electron chi connectivity index (χ4n) is 3.31. The summed E-state index contributed by atoms with van der Waals surface area (Å²) in [6.07, 6.45) is 3.58. The van der Waals surface area contributed by atoms with Gasteiger partial charge in [-0.15, -0.1) is 34.2 Å². The van der Waals surface area contributed by atoms with Gasteiger partial charge in [0.15, 0.2) is 5.96 Å². The van der Waals surface area contributed by atoms with E-state index in [9.17, 15) is 0 Å². The van der Waals surface area contributed by atoms with E-state index in [0.717, 1.165) is 50.8 Å². The number of aliphatic imine (C=N–C) groups is 1. The Morgan fingerprint density at radius 1 is 1.21 bits per heavy atom. The van der Waals surface area contributed by atoms with E-state index in [0.29, 0.717) is 0 Å².